The first-order valence-electron chi connectivity index (χ1n) is 6.96. The molecule has 3 N–H and O–H groups in total. The van der Waals surface area contributed by atoms with Gasteiger partial charge < -0.3 is 15.7 Å². The number of aryl methyl sites for hydroxylation is 1. The van der Waals surface area contributed by atoms with Crippen molar-refractivity contribution in [3.8, 4) is 0 Å². The summed E-state index contributed by atoms with van der Waals surface area (Å²) in [4.78, 5) is 12.1. The van der Waals surface area contributed by atoms with Gasteiger partial charge in [0, 0.05) is 18.7 Å². The topological polar surface area (TPSA) is 61.4 Å². The fraction of sp³-hybridized carbons (Fsp3) is 0.533. The molecule has 4 heteroatoms. The van der Waals surface area contributed by atoms with Gasteiger partial charge in [0.25, 0.3) is 0 Å². The Morgan fingerprint density at radius 3 is 3.00 bits per heavy atom. The highest BCUT2D eigenvalue weighted by atomic mass is 16.3. The maximum atomic E-state index is 12.1. The summed E-state index contributed by atoms with van der Waals surface area (Å²) in [7, 11) is 0. The lowest BCUT2D eigenvalue weighted by Crippen LogP contribution is -2.42. The normalized spacial score (nSPS) is 22.5. The quantitative estimate of drug-likeness (QED) is 0.763. The highest BCUT2D eigenvalue weighted by molar-refractivity contribution is 5.87. The zero-order valence-corrected chi connectivity index (χ0v) is 11.1. The second-order valence-electron chi connectivity index (χ2n) is 5.66. The monoisotopic (exact) mass is 260 g/mol. The minimum atomic E-state index is -0.380. The van der Waals surface area contributed by atoms with Gasteiger partial charge in [0.05, 0.1) is 6.10 Å². The van der Waals surface area contributed by atoms with E-state index in [-0.39, 0.29) is 18.1 Å². The highest BCUT2D eigenvalue weighted by Crippen LogP contribution is 2.32. The third-order valence-electron chi connectivity index (χ3n) is 4.07. The number of nitrogens with one attached hydrogen (secondary N) is 2. The van der Waals surface area contributed by atoms with Gasteiger partial charge in [0.2, 0.25) is 5.91 Å². The van der Waals surface area contributed by atoms with Crippen molar-refractivity contribution in [1.29, 1.82) is 0 Å². The average Bonchev–Trinajstić information content (AvgIpc) is 3.15. The summed E-state index contributed by atoms with van der Waals surface area (Å²) in [5, 5.41) is 15.9. The summed E-state index contributed by atoms with van der Waals surface area (Å²) >= 11 is 0. The number of aliphatic hydroxyl groups excluding tert-OH is 1. The molecule has 1 fully saturated rings. The number of hydrogen-bond acceptors (Lipinski definition) is 3. The van der Waals surface area contributed by atoms with Crippen LogP contribution in [0.2, 0.25) is 0 Å². The maximum Gasteiger partial charge on any atom is 0.242 e. The summed E-state index contributed by atoms with van der Waals surface area (Å²) in [6.07, 6.45) is 2.52. The second kappa shape index (κ2) is 4.85. The van der Waals surface area contributed by atoms with Crippen molar-refractivity contribution in [2.75, 3.05) is 11.9 Å². The number of para-hydroxylation sites is 1. The molecule has 1 saturated carbocycles. The molecule has 1 amide bonds. The minimum Gasteiger partial charge on any atom is -0.391 e. The SMILES string of the molecule is Cc1cccc2c1NC(C(=O)NCC(O)C1CC1)C2. The van der Waals surface area contributed by atoms with Crippen LogP contribution in [0.5, 0.6) is 0 Å². The first-order chi connectivity index (χ1) is 9.15. The molecule has 2 aliphatic rings. The van der Waals surface area contributed by atoms with E-state index in [1.807, 2.05) is 19.1 Å². The minimum absolute atomic E-state index is 0.0182. The van der Waals surface area contributed by atoms with E-state index in [4.69, 9.17) is 0 Å². The summed E-state index contributed by atoms with van der Waals surface area (Å²) in [5.41, 5.74) is 3.46. The molecule has 2 unspecified atom stereocenters. The van der Waals surface area contributed by atoms with Gasteiger partial charge in [0.1, 0.15) is 6.04 Å². The number of amides is 1. The number of aliphatic hydroxyl groups is 1. The van der Waals surface area contributed by atoms with Crippen LogP contribution in [-0.4, -0.2) is 29.7 Å². The third kappa shape index (κ3) is 2.59. The van der Waals surface area contributed by atoms with Crippen molar-refractivity contribution < 1.29 is 9.90 Å². The van der Waals surface area contributed by atoms with E-state index in [0.29, 0.717) is 12.5 Å². The molecule has 3 rings (SSSR count). The van der Waals surface area contributed by atoms with E-state index in [0.717, 1.165) is 24.9 Å². The number of rotatable bonds is 4. The van der Waals surface area contributed by atoms with E-state index in [1.165, 1.54) is 11.1 Å². The van der Waals surface area contributed by atoms with Crippen molar-refractivity contribution in [3.05, 3.63) is 29.3 Å². The number of benzene rings is 1. The van der Waals surface area contributed by atoms with Crippen LogP contribution in [0.25, 0.3) is 0 Å². The smallest absolute Gasteiger partial charge is 0.242 e. The Kier molecular flexibility index (Phi) is 3.19. The van der Waals surface area contributed by atoms with Gasteiger partial charge in [-0.2, -0.15) is 0 Å². The molecule has 1 aliphatic heterocycles. The van der Waals surface area contributed by atoms with Crippen LogP contribution in [0.1, 0.15) is 24.0 Å². The Bertz CT molecular complexity index is 497. The van der Waals surface area contributed by atoms with Crippen molar-refractivity contribution >= 4 is 11.6 Å². The molecule has 102 valence electrons. The molecule has 2 atom stereocenters. The van der Waals surface area contributed by atoms with Gasteiger partial charge in [-0.25, -0.2) is 0 Å². The van der Waals surface area contributed by atoms with E-state index < -0.39 is 0 Å². The van der Waals surface area contributed by atoms with Gasteiger partial charge >= 0.3 is 0 Å². The molecular formula is C15H20N2O2. The molecule has 19 heavy (non-hydrogen) atoms. The van der Waals surface area contributed by atoms with Crippen LogP contribution in [0.4, 0.5) is 5.69 Å². The van der Waals surface area contributed by atoms with Crippen LogP contribution in [-0.2, 0) is 11.2 Å². The predicted octanol–water partition coefficient (Wildman–Crippen LogP) is 1.22. The summed E-state index contributed by atoms with van der Waals surface area (Å²) in [6, 6.07) is 5.92. The highest BCUT2D eigenvalue weighted by Gasteiger charge is 2.31. The molecule has 1 aliphatic carbocycles. The number of carbonyl (C=O) groups excluding carboxylic acids is 1. The molecular weight excluding hydrogens is 240 g/mol. The van der Waals surface area contributed by atoms with E-state index >= 15 is 0 Å². The molecule has 0 radical (unpaired) electrons. The molecule has 4 nitrogen and oxygen atoms in total. The first kappa shape index (κ1) is 12.5. The molecule has 1 aromatic rings. The van der Waals surface area contributed by atoms with E-state index in [1.54, 1.807) is 0 Å². The van der Waals surface area contributed by atoms with Crippen molar-refractivity contribution in [2.45, 2.75) is 38.3 Å². The van der Waals surface area contributed by atoms with Gasteiger partial charge in [-0.3, -0.25) is 4.79 Å². The largest absolute Gasteiger partial charge is 0.391 e. The molecule has 1 aromatic carbocycles. The van der Waals surface area contributed by atoms with Crippen LogP contribution in [0, 0.1) is 12.8 Å². The third-order valence-corrected chi connectivity index (χ3v) is 4.07. The van der Waals surface area contributed by atoms with Crippen LogP contribution in [0.15, 0.2) is 18.2 Å². The predicted molar refractivity (Wildman–Crippen MR) is 74.0 cm³/mol. The molecule has 0 saturated heterocycles. The summed E-state index contributed by atoms with van der Waals surface area (Å²) < 4.78 is 0. The lowest BCUT2D eigenvalue weighted by atomic mass is 10.1. The zero-order chi connectivity index (χ0) is 13.4. The average molecular weight is 260 g/mol. The Labute approximate surface area is 113 Å². The maximum absolute atomic E-state index is 12.1. The lowest BCUT2D eigenvalue weighted by molar-refractivity contribution is -0.122. The number of anilines is 1. The standard InChI is InChI=1S/C15H20N2O2/c1-9-3-2-4-11-7-12(17-14(9)11)15(19)16-8-13(18)10-5-6-10/h2-4,10,12-13,17-18H,5-8H2,1H3,(H,16,19). The number of carbonyl (C=O) groups is 1. The van der Waals surface area contributed by atoms with Gasteiger partial charge in [0.15, 0.2) is 0 Å². The van der Waals surface area contributed by atoms with Gasteiger partial charge in [-0.15, -0.1) is 0 Å². The van der Waals surface area contributed by atoms with E-state index in [9.17, 15) is 9.90 Å². The van der Waals surface area contributed by atoms with Crippen molar-refractivity contribution in [2.24, 2.45) is 5.92 Å². The van der Waals surface area contributed by atoms with Crippen LogP contribution in [0.3, 0.4) is 0 Å². The summed E-state index contributed by atoms with van der Waals surface area (Å²) in [6.45, 7) is 2.42. The Hall–Kier alpha value is -1.55. The Morgan fingerprint density at radius 2 is 2.32 bits per heavy atom. The van der Waals surface area contributed by atoms with Crippen molar-refractivity contribution in [3.63, 3.8) is 0 Å². The van der Waals surface area contributed by atoms with Gasteiger partial charge in [-0.05, 0) is 36.8 Å². The zero-order valence-electron chi connectivity index (χ0n) is 11.1. The van der Waals surface area contributed by atoms with E-state index in [2.05, 4.69) is 16.7 Å². The van der Waals surface area contributed by atoms with Crippen LogP contribution < -0.4 is 10.6 Å². The fourth-order valence-electron chi connectivity index (χ4n) is 2.68. The lowest BCUT2D eigenvalue weighted by Gasteiger charge is -2.15. The van der Waals surface area contributed by atoms with Crippen molar-refractivity contribution in [1.82, 2.24) is 5.32 Å². The first-order valence-corrected chi connectivity index (χ1v) is 6.96. The second-order valence-corrected chi connectivity index (χ2v) is 5.66. The Balaban J connectivity index is 1.56. The number of fused-ring (bicyclic) bond motifs is 1. The molecule has 0 spiro atoms. The van der Waals surface area contributed by atoms with Crippen LogP contribution >= 0.6 is 0 Å². The fourth-order valence-corrected chi connectivity index (χ4v) is 2.68. The van der Waals surface area contributed by atoms with Gasteiger partial charge in [-0.1, -0.05) is 18.2 Å². The summed E-state index contributed by atoms with van der Waals surface area (Å²) in [5.74, 6) is 0.381. The molecule has 0 bridgehead atoms. The molecule has 0 aromatic heterocycles. The molecule has 1 heterocycles. The number of hydrogen-bond donors (Lipinski definition) is 3. The Morgan fingerprint density at radius 1 is 1.53 bits per heavy atom.